The van der Waals surface area contributed by atoms with Crippen molar-refractivity contribution in [2.45, 2.75) is 47.5 Å². The first kappa shape index (κ1) is 31.1. The normalized spacial score (nSPS) is 10.9. The quantitative estimate of drug-likeness (QED) is 0.308. The standard InChI is InChI=1S/C13H14N4O2S.C7H13NO2.2C2H6/c1-8-10(20-13(14-2)16-8)6-5-9-7-15-11(18-3)12(17-9)19-4;9-6-8-3-4-10-5-7-1-2-7;2*1-2/h7H,1-4H3,(H,14,16);6-7H,1-5H2,(H,8,9);2*1-2H3. The Labute approximate surface area is 208 Å². The second-order valence-electron chi connectivity index (χ2n) is 6.30. The van der Waals surface area contributed by atoms with Crippen LogP contribution in [0.3, 0.4) is 0 Å². The van der Waals surface area contributed by atoms with Crippen LogP contribution in [0.5, 0.6) is 11.8 Å². The molecule has 0 spiro atoms. The van der Waals surface area contributed by atoms with Crippen LogP contribution in [0.4, 0.5) is 5.13 Å². The van der Waals surface area contributed by atoms with Crippen molar-refractivity contribution in [3.63, 3.8) is 0 Å². The monoisotopic (exact) mass is 493 g/mol. The summed E-state index contributed by atoms with van der Waals surface area (Å²) in [5.74, 6) is 7.46. The molecule has 2 heterocycles. The largest absolute Gasteiger partial charge is 0.477 e. The highest BCUT2D eigenvalue weighted by Crippen LogP contribution is 2.28. The van der Waals surface area contributed by atoms with Gasteiger partial charge in [-0.25, -0.2) is 9.97 Å². The van der Waals surface area contributed by atoms with Crippen molar-refractivity contribution in [1.29, 1.82) is 0 Å². The number of nitrogens with one attached hydrogen (secondary N) is 2. The maximum atomic E-state index is 9.75. The van der Waals surface area contributed by atoms with E-state index >= 15 is 0 Å². The third-order valence-corrected chi connectivity index (χ3v) is 5.03. The number of hydrogen-bond donors (Lipinski definition) is 2. The van der Waals surface area contributed by atoms with Gasteiger partial charge in [0, 0.05) is 20.2 Å². The minimum absolute atomic E-state index is 0.316. The van der Waals surface area contributed by atoms with Gasteiger partial charge in [-0.05, 0) is 37.5 Å². The fourth-order valence-electron chi connectivity index (χ4n) is 2.16. The minimum Gasteiger partial charge on any atom is -0.477 e. The van der Waals surface area contributed by atoms with Crippen LogP contribution in [0.2, 0.25) is 0 Å². The van der Waals surface area contributed by atoms with Crippen LogP contribution in [0.15, 0.2) is 6.20 Å². The van der Waals surface area contributed by atoms with Gasteiger partial charge in [-0.15, -0.1) is 0 Å². The molecule has 1 fully saturated rings. The number of nitrogens with zero attached hydrogens (tertiary/aromatic N) is 3. The molecule has 0 unspecified atom stereocenters. The predicted molar refractivity (Wildman–Crippen MR) is 138 cm³/mol. The maximum absolute atomic E-state index is 9.75. The minimum atomic E-state index is 0.316. The topological polar surface area (TPSA) is 107 Å². The molecule has 0 bridgehead atoms. The molecule has 0 saturated heterocycles. The number of amides is 1. The summed E-state index contributed by atoms with van der Waals surface area (Å²) in [4.78, 5) is 23.3. The lowest BCUT2D eigenvalue weighted by molar-refractivity contribution is -0.109. The summed E-state index contributed by atoms with van der Waals surface area (Å²) in [5, 5.41) is 6.37. The fraction of sp³-hybridized carbons (Fsp3) is 0.583. The number of anilines is 1. The molecule has 3 rings (SSSR count). The summed E-state index contributed by atoms with van der Waals surface area (Å²) in [6.07, 6.45) is 4.88. The maximum Gasteiger partial charge on any atom is 0.279 e. The van der Waals surface area contributed by atoms with E-state index in [1.165, 1.54) is 38.4 Å². The van der Waals surface area contributed by atoms with Crippen molar-refractivity contribution in [2.24, 2.45) is 5.92 Å². The summed E-state index contributed by atoms with van der Waals surface area (Å²) < 4.78 is 15.4. The number of carbonyl (C=O) groups is 1. The Kier molecular flexibility index (Phi) is 17.9. The van der Waals surface area contributed by atoms with Gasteiger partial charge in [-0.1, -0.05) is 39.0 Å². The Morgan fingerprint density at radius 3 is 2.32 bits per heavy atom. The zero-order chi connectivity index (χ0) is 25.8. The summed E-state index contributed by atoms with van der Waals surface area (Å²) in [6.45, 7) is 12.1. The zero-order valence-electron chi connectivity index (χ0n) is 21.7. The van der Waals surface area contributed by atoms with Crippen LogP contribution in [-0.4, -0.2) is 62.4 Å². The van der Waals surface area contributed by atoms with E-state index in [0.717, 1.165) is 28.2 Å². The van der Waals surface area contributed by atoms with Crippen molar-refractivity contribution in [3.05, 3.63) is 22.5 Å². The average molecular weight is 494 g/mol. The Hall–Kier alpha value is -2.90. The number of methoxy groups -OCH3 is 2. The fourth-order valence-corrected chi connectivity index (χ4v) is 2.93. The van der Waals surface area contributed by atoms with Crippen LogP contribution in [0, 0.1) is 24.7 Å². The van der Waals surface area contributed by atoms with Crippen molar-refractivity contribution in [1.82, 2.24) is 20.3 Å². The molecule has 0 atom stereocenters. The van der Waals surface area contributed by atoms with E-state index in [1.807, 2.05) is 41.7 Å². The van der Waals surface area contributed by atoms with Crippen LogP contribution >= 0.6 is 11.3 Å². The molecule has 9 nitrogen and oxygen atoms in total. The van der Waals surface area contributed by atoms with E-state index in [0.29, 0.717) is 37.0 Å². The van der Waals surface area contributed by atoms with E-state index in [9.17, 15) is 4.79 Å². The number of rotatable bonds is 9. The Bertz CT molecular complexity index is 876. The second-order valence-corrected chi connectivity index (χ2v) is 7.30. The van der Waals surface area contributed by atoms with E-state index in [2.05, 4.69) is 37.4 Å². The molecular formula is C24H39N5O4S. The first-order valence-corrected chi connectivity index (χ1v) is 12.3. The van der Waals surface area contributed by atoms with Crippen molar-refractivity contribution in [3.8, 4) is 23.6 Å². The molecule has 10 heteroatoms. The van der Waals surface area contributed by atoms with Gasteiger partial charge in [0.25, 0.3) is 11.8 Å². The third-order valence-electron chi connectivity index (χ3n) is 3.93. The molecule has 1 amide bonds. The molecule has 2 aromatic rings. The molecular weight excluding hydrogens is 454 g/mol. The molecule has 34 heavy (non-hydrogen) atoms. The summed E-state index contributed by atoms with van der Waals surface area (Å²) in [7, 11) is 4.85. The number of ether oxygens (including phenoxy) is 3. The van der Waals surface area contributed by atoms with Crippen molar-refractivity contribution < 1.29 is 19.0 Å². The molecule has 1 aliphatic rings. The van der Waals surface area contributed by atoms with Gasteiger partial charge in [-0.2, -0.15) is 4.98 Å². The highest BCUT2D eigenvalue weighted by Gasteiger charge is 2.20. The molecule has 2 aromatic heterocycles. The lowest BCUT2D eigenvalue weighted by atomic mass is 10.3. The highest BCUT2D eigenvalue weighted by atomic mass is 32.1. The van der Waals surface area contributed by atoms with E-state index in [1.54, 1.807) is 6.20 Å². The average Bonchev–Trinajstić information content (AvgIpc) is 3.65. The van der Waals surface area contributed by atoms with E-state index in [4.69, 9.17) is 14.2 Å². The number of carbonyl (C=O) groups excluding carboxylic acids is 1. The molecule has 190 valence electrons. The Morgan fingerprint density at radius 2 is 1.79 bits per heavy atom. The van der Waals surface area contributed by atoms with Gasteiger partial charge in [0.15, 0.2) is 5.13 Å². The van der Waals surface area contributed by atoms with Crippen molar-refractivity contribution in [2.75, 3.05) is 46.3 Å². The van der Waals surface area contributed by atoms with E-state index in [-0.39, 0.29) is 0 Å². The number of aromatic nitrogens is 3. The van der Waals surface area contributed by atoms with Crippen LogP contribution in [0.25, 0.3) is 0 Å². The van der Waals surface area contributed by atoms with Gasteiger partial charge < -0.3 is 24.8 Å². The summed E-state index contributed by atoms with van der Waals surface area (Å²) >= 11 is 1.50. The second kappa shape index (κ2) is 19.6. The van der Waals surface area contributed by atoms with Crippen LogP contribution in [-0.2, 0) is 9.53 Å². The smallest absolute Gasteiger partial charge is 0.279 e. The zero-order valence-corrected chi connectivity index (χ0v) is 22.5. The molecule has 0 aromatic carbocycles. The van der Waals surface area contributed by atoms with Gasteiger partial charge in [-0.3, -0.25) is 4.79 Å². The van der Waals surface area contributed by atoms with Gasteiger partial charge in [0.1, 0.15) is 10.6 Å². The predicted octanol–water partition coefficient (Wildman–Crippen LogP) is 3.91. The number of aryl methyl sites for hydroxylation is 1. The molecule has 1 aliphatic carbocycles. The lowest BCUT2D eigenvalue weighted by Crippen LogP contribution is -2.17. The highest BCUT2D eigenvalue weighted by molar-refractivity contribution is 7.16. The number of hydrogen-bond acceptors (Lipinski definition) is 9. The number of thiazole rings is 1. The third kappa shape index (κ3) is 12.4. The Morgan fingerprint density at radius 1 is 1.12 bits per heavy atom. The molecule has 2 N–H and O–H groups in total. The molecule has 0 radical (unpaired) electrons. The van der Waals surface area contributed by atoms with Gasteiger partial charge in [0.05, 0.1) is 32.7 Å². The SMILES string of the molecule is CC.CC.CNc1nc(C)c(C#Cc2cnc(OC)c(OC)n2)s1.O=CNCCOCC1CC1. The van der Waals surface area contributed by atoms with Crippen LogP contribution in [0.1, 0.15) is 56.8 Å². The first-order valence-electron chi connectivity index (χ1n) is 11.5. The summed E-state index contributed by atoms with van der Waals surface area (Å²) in [5.41, 5.74) is 1.40. The molecule has 0 aliphatic heterocycles. The lowest BCUT2D eigenvalue weighted by Gasteiger charge is -2.03. The molecule has 1 saturated carbocycles. The van der Waals surface area contributed by atoms with E-state index < -0.39 is 0 Å². The van der Waals surface area contributed by atoms with Crippen LogP contribution < -0.4 is 20.1 Å². The Balaban J connectivity index is 0.000000653. The van der Waals surface area contributed by atoms with Gasteiger partial charge in [0.2, 0.25) is 6.41 Å². The van der Waals surface area contributed by atoms with Gasteiger partial charge >= 0.3 is 0 Å². The van der Waals surface area contributed by atoms with Crippen molar-refractivity contribution >= 4 is 22.9 Å². The first-order chi connectivity index (χ1) is 16.6. The summed E-state index contributed by atoms with van der Waals surface area (Å²) in [6, 6.07) is 0.